The Bertz CT molecular complexity index is 3510. The van der Waals surface area contributed by atoms with E-state index in [-0.39, 0.29) is 0 Å². The molecule has 0 bridgehead atoms. The summed E-state index contributed by atoms with van der Waals surface area (Å²) >= 11 is 1.84. The third kappa shape index (κ3) is 5.18. The summed E-state index contributed by atoms with van der Waals surface area (Å²) in [5.74, 6) is 1.91. The van der Waals surface area contributed by atoms with Gasteiger partial charge < -0.3 is 4.57 Å². The van der Waals surface area contributed by atoms with Crippen LogP contribution in [0.4, 0.5) is 0 Å². The highest BCUT2D eigenvalue weighted by molar-refractivity contribution is 7.25. The highest BCUT2D eigenvalue weighted by Gasteiger charge is 2.22. The average molecular weight is 757 g/mol. The van der Waals surface area contributed by atoms with Gasteiger partial charge in [-0.25, -0.2) is 15.0 Å². The first-order valence-corrected chi connectivity index (χ1v) is 20.3. The zero-order valence-corrected chi connectivity index (χ0v) is 32.0. The van der Waals surface area contributed by atoms with Crippen LogP contribution in [0.15, 0.2) is 194 Å². The number of benzene rings is 9. The molecule has 270 valence electrons. The molecule has 0 radical (unpaired) electrons. The van der Waals surface area contributed by atoms with Gasteiger partial charge in [0.05, 0.1) is 16.7 Å². The van der Waals surface area contributed by atoms with Crippen molar-refractivity contribution >= 4 is 74.9 Å². The molecule has 0 saturated carbocycles. The van der Waals surface area contributed by atoms with Gasteiger partial charge in [0.25, 0.3) is 0 Å². The second-order valence-electron chi connectivity index (χ2n) is 14.8. The number of nitrogens with zero attached hydrogens (tertiary/aromatic N) is 4. The quantitative estimate of drug-likeness (QED) is 0.176. The van der Waals surface area contributed by atoms with Crippen LogP contribution in [0.1, 0.15) is 0 Å². The maximum absolute atomic E-state index is 5.17. The molecule has 0 aliphatic carbocycles. The number of hydrogen-bond acceptors (Lipinski definition) is 4. The summed E-state index contributed by atoms with van der Waals surface area (Å²) in [6.07, 6.45) is 0. The monoisotopic (exact) mass is 756 g/mol. The number of thiophene rings is 1. The molecule has 5 heteroatoms. The summed E-state index contributed by atoms with van der Waals surface area (Å²) in [5, 5.41) is 9.91. The average Bonchev–Trinajstić information content (AvgIpc) is 3.84. The first-order chi connectivity index (χ1) is 28.7. The van der Waals surface area contributed by atoms with Gasteiger partial charge in [-0.3, -0.25) is 0 Å². The van der Waals surface area contributed by atoms with E-state index in [2.05, 4.69) is 162 Å². The molecule has 0 aliphatic rings. The van der Waals surface area contributed by atoms with Gasteiger partial charge in [0.2, 0.25) is 0 Å². The summed E-state index contributed by atoms with van der Waals surface area (Å²) < 4.78 is 5.01. The van der Waals surface area contributed by atoms with Gasteiger partial charge in [-0.1, -0.05) is 146 Å². The molecule has 12 aromatic rings. The smallest absolute Gasteiger partial charge is 0.164 e. The van der Waals surface area contributed by atoms with Crippen molar-refractivity contribution < 1.29 is 0 Å². The number of fused-ring (bicyclic) bond motifs is 9. The second kappa shape index (κ2) is 13.1. The molecule has 0 saturated heterocycles. The molecular weight excluding hydrogens is 725 g/mol. The molecule has 0 N–H and O–H groups in total. The Hall–Kier alpha value is -7.47. The molecular formula is C53H32N4S. The maximum atomic E-state index is 5.17. The highest BCUT2D eigenvalue weighted by atomic mass is 32.1. The van der Waals surface area contributed by atoms with Crippen molar-refractivity contribution in [1.82, 2.24) is 19.5 Å². The molecule has 3 heterocycles. The van der Waals surface area contributed by atoms with Crippen molar-refractivity contribution in [3.8, 4) is 51.0 Å². The Balaban J connectivity index is 1.20. The van der Waals surface area contributed by atoms with E-state index >= 15 is 0 Å². The molecule has 0 amide bonds. The second-order valence-corrected chi connectivity index (χ2v) is 15.9. The van der Waals surface area contributed by atoms with Crippen LogP contribution >= 0.6 is 11.3 Å². The van der Waals surface area contributed by atoms with Crippen LogP contribution in [0.3, 0.4) is 0 Å². The Morgan fingerprint density at radius 2 is 0.948 bits per heavy atom. The summed E-state index contributed by atoms with van der Waals surface area (Å²) in [5.41, 5.74) is 8.51. The van der Waals surface area contributed by atoms with Crippen molar-refractivity contribution in [2.75, 3.05) is 0 Å². The lowest BCUT2D eigenvalue weighted by Crippen LogP contribution is -2.02. The van der Waals surface area contributed by atoms with Crippen LogP contribution in [0.2, 0.25) is 0 Å². The van der Waals surface area contributed by atoms with Crippen LogP contribution in [-0.4, -0.2) is 19.5 Å². The first kappa shape index (κ1) is 32.7. The van der Waals surface area contributed by atoms with Crippen LogP contribution in [0.25, 0.3) is 115 Å². The zero-order valence-electron chi connectivity index (χ0n) is 31.2. The van der Waals surface area contributed by atoms with E-state index in [0.717, 1.165) is 27.9 Å². The largest absolute Gasteiger partial charge is 0.309 e. The number of rotatable bonds is 5. The summed E-state index contributed by atoms with van der Waals surface area (Å²) in [6, 6.07) is 69.3. The zero-order chi connectivity index (χ0) is 38.2. The van der Waals surface area contributed by atoms with Crippen LogP contribution in [-0.2, 0) is 0 Å². The van der Waals surface area contributed by atoms with Gasteiger partial charge >= 0.3 is 0 Å². The van der Waals surface area contributed by atoms with Gasteiger partial charge in [-0.15, -0.1) is 11.3 Å². The van der Waals surface area contributed by atoms with Crippen LogP contribution in [0, 0.1) is 0 Å². The fourth-order valence-corrected chi connectivity index (χ4v) is 9.89. The van der Waals surface area contributed by atoms with E-state index in [1.165, 1.54) is 69.1 Å². The van der Waals surface area contributed by atoms with Gasteiger partial charge in [-0.05, 0) is 75.6 Å². The molecule has 4 nitrogen and oxygen atoms in total. The molecule has 0 unspecified atom stereocenters. The summed E-state index contributed by atoms with van der Waals surface area (Å²) in [4.78, 5) is 15.3. The van der Waals surface area contributed by atoms with Gasteiger partial charge in [0.15, 0.2) is 17.5 Å². The van der Waals surface area contributed by atoms with E-state index in [4.69, 9.17) is 15.0 Å². The lowest BCUT2D eigenvalue weighted by atomic mass is 9.95. The van der Waals surface area contributed by atoms with E-state index in [1.807, 2.05) is 47.7 Å². The van der Waals surface area contributed by atoms with E-state index in [0.29, 0.717) is 17.5 Å². The molecule has 58 heavy (non-hydrogen) atoms. The molecule has 0 aliphatic heterocycles. The minimum atomic E-state index is 0.627. The molecule has 12 rings (SSSR count). The predicted octanol–water partition coefficient (Wildman–Crippen LogP) is 14.3. The van der Waals surface area contributed by atoms with E-state index < -0.39 is 0 Å². The van der Waals surface area contributed by atoms with Crippen molar-refractivity contribution in [1.29, 1.82) is 0 Å². The fourth-order valence-electron chi connectivity index (χ4n) is 8.75. The molecule has 3 aromatic heterocycles. The topological polar surface area (TPSA) is 43.6 Å². The summed E-state index contributed by atoms with van der Waals surface area (Å²) in [6.45, 7) is 0. The Morgan fingerprint density at radius 1 is 0.345 bits per heavy atom. The maximum Gasteiger partial charge on any atom is 0.164 e. The Kier molecular flexibility index (Phi) is 7.37. The van der Waals surface area contributed by atoms with Crippen molar-refractivity contribution in [2.45, 2.75) is 0 Å². The number of aromatic nitrogens is 4. The Morgan fingerprint density at radius 3 is 1.69 bits per heavy atom. The van der Waals surface area contributed by atoms with Crippen molar-refractivity contribution in [3.63, 3.8) is 0 Å². The lowest BCUT2D eigenvalue weighted by Gasteiger charge is -2.17. The highest BCUT2D eigenvalue weighted by Crippen LogP contribution is 2.45. The third-order valence-electron chi connectivity index (χ3n) is 11.4. The van der Waals surface area contributed by atoms with Crippen molar-refractivity contribution in [2.24, 2.45) is 0 Å². The summed E-state index contributed by atoms with van der Waals surface area (Å²) in [7, 11) is 0. The van der Waals surface area contributed by atoms with Gasteiger partial charge in [-0.2, -0.15) is 0 Å². The lowest BCUT2D eigenvalue weighted by molar-refractivity contribution is 1.07. The molecule has 9 aromatic carbocycles. The molecule has 0 atom stereocenters. The van der Waals surface area contributed by atoms with Crippen LogP contribution in [0.5, 0.6) is 0 Å². The van der Waals surface area contributed by atoms with Gasteiger partial charge in [0, 0.05) is 53.2 Å². The molecule has 0 fully saturated rings. The standard InChI is InChI=1S/C53H32N4S/c1-3-15-34(16-4-1)51-54-52(35-17-5-2-6-18-35)56-53(55-51)38-27-28-44(42(31-38)40-23-13-25-48-50(40)41-22-11-12-24-47(41)58-48)57-45-29-26-33-14-9-10-21-39(33)49(45)43-30-36-19-7-8-20-37(36)32-46(43)57/h1-32H. The first-order valence-electron chi connectivity index (χ1n) is 19.5. The van der Waals surface area contributed by atoms with Crippen molar-refractivity contribution in [3.05, 3.63) is 194 Å². The molecule has 0 spiro atoms. The van der Waals surface area contributed by atoms with E-state index in [1.54, 1.807) is 0 Å². The normalized spacial score (nSPS) is 11.8. The number of hydrogen-bond donors (Lipinski definition) is 0. The minimum absolute atomic E-state index is 0.627. The fraction of sp³-hybridized carbons (Fsp3) is 0. The van der Waals surface area contributed by atoms with Crippen LogP contribution < -0.4 is 0 Å². The Labute approximate surface area is 338 Å². The van der Waals surface area contributed by atoms with E-state index in [9.17, 15) is 0 Å². The third-order valence-corrected chi connectivity index (χ3v) is 12.5. The minimum Gasteiger partial charge on any atom is -0.309 e. The predicted molar refractivity (Wildman–Crippen MR) is 244 cm³/mol. The van der Waals surface area contributed by atoms with Gasteiger partial charge in [0.1, 0.15) is 0 Å². The SMILES string of the molecule is c1ccc(-c2nc(-c3ccccc3)nc(-c3ccc(-n4c5cc6ccccc6cc5c5c6ccccc6ccc54)c(-c4cccc5sc6ccccc6c45)c3)n2)cc1.